The highest BCUT2D eigenvalue weighted by Gasteiger charge is 2.00. The second-order valence-electron chi connectivity index (χ2n) is 3.61. The molecule has 3 heteroatoms. The third-order valence-corrected chi connectivity index (χ3v) is 2.25. The monoisotopic (exact) mass is 211 g/mol. The Balaban J connectivity index is 2.65. The van der Waals surface area contributed by atoms with E-state index in [9.17, 15) is 8.78 Å². The molecule has 0 unspecified atom stereocenters. The van der Waals surface area contributed by atoms with E-state index in [-0.39, 0.29) is 12.4 Å². The van der Waals surface area contributed by atoms with Gasteiger partial charge in [0.1, 0.15) is 5.82 Å². The molecular formula is C12H15F2N. The Labute approximate surface area is 88.6 Å². The highest BCUT2D eigenvalue weighted by atomic mass is 19.1. The molecule has 0 saturated heterocycles. The van der Waals surface area contributed by atoms with Gasteiger partial charge in [0.25, 0.3) is 0 Å². The van der Waals surface area contributed by atoms with Gasteiger partial charge in [-0.3, -0.25) is 0 Å². The lowest BCUT2D eigenvalue weighted by molar-refractivity contribution is 0.623. The number of hydrogen-bond acceptors (Lipinski definition) is 1. The minimum atomic E-state index is -0.247. The Hall–Kier alpha value is -1.22. The van der Waals surface area contributed by atoms with Crippen LogP contribution in [0.25, 0.3) is 0 Å². The fourth-order valence-electron chi connectivity index (χ4n) is 1.46. The molecule has 1 aromatic rings. The molecule has 1 rings (SSSR count). The summed E-state index contributed by atoms with van der Waals surface area (Å²) in [4.78, 5) is 0. The summed E-state index contributed by atoms with van der Waals surface area (Å²) < 4.78 is 25.2. The van der Waals surface area contributed by atoms with Gasteiger partial charge in [-0.1, -0.05) is 6.07 Å². The van der Waals surface area contributed by atoms with Gasteiger partial charge in [0, 0.05) is 6.54 Å². The lowest BCUT2D eigenvalue weighted by atomic mass is 10.0. The van der Waals surface area contributed by atoms with E-state index in [0.29, 0.717) is 24.7 Å². The quantitative estimate of drug-likeness (QED) is 0.814. The first-order chi connectivity index (χ1) is 7.15. The van der Waals surface area contributed by atoms with E-state index < -0.39 is 0 Å². The molecule has 0 heterocycles. The van der Waals surface area contributed by atoms with Crippen LogP contribution in [0.15, 0.2) is 30.1 Å². The lowest BCUT2D eigenvalue weighted by Gasteiger charge is -2.04. The van der Waals surface area contributed by atoms with Gasteiger partial charge in [-0.05, 0) is 48.6 Å². The average molecular weight is 211 g/mol. The van der Waals surface area contributed by atoms with Gasteiger partial charge >= 0.3 is 0 Å². The SMILES string of the molecule is Cc1cc(F)cc(CC/C(=C/F)CN)c1. The Kier molecular flexibility index (Phi) is 4.43. The van der Waals surface area contributed by atoms with Crippen molar-refractivity contribution in [2.75, 3.05) is 6.54 Å². The summed E-state index contributed by atoms with van der Waals surface area (Å²) in [6.45, 7) is 2.05. The van der Waals surface area contributed by atoms with E-state index in [1.165, 1.54) is 12.1 Å². The van der Waals surface area contributed by atoms with Crippen LogP contribution in [0, 0.1) is 12.7 Å². The van der Waals surface area contributed by atoms with E-state index in [0.717, 1.165) is 11.1 Å². The van der Waals surface area contributed by atoms with Gasteiger partial charge < -0.3 is 5.73 Å². The summed E-state index contributed by atoms with van der Waals surface area (Å²) in [5.41, 5.74) is 7.63. The maximum atomic E-state index is 13.0. The van der Waals surface area contributed by atoms with E-state index in [2.05, 4.69) is 0 Å². The maximum Gasteiger partial charge on any atom is 0.123 e. The van der Waals surface area contributed by atoms with Crippen LogP contribution in [0.2, 0.25) is 0 Å². The molecule has 0 bridgehead atoms. The molecule has 0 aromatic heterocycles. The Morgan fingerprint density at radius 3 is 2.67 bits per heavy atom. The van der Waals surface area contributed by atoms with Crippen LogP contribution < -0.4 is 5.73 Å². The van der Waals surface area contributed by atoms with Crippen LogP contribution in [-0.4, -0.2) is 6.54 Å². The predicted molar refractivity (Wildman–Crippen MR) is 57.7 cm³/mol. The zero-order valence-corrected chi connectivity index (χ0v) is 8.76. The first-order valence-electron chi connectivity index (χ1n) is 4.90. The van der Waals surface area contributed by atoms with Crippen LogP contribution in [0.4, 0.5) is 8.78 Å². The molecule has 0 amide bonds. The zero-order chi connectivity index (χ0) is 11.3. The fraction of sp³-hybridized carbons (Fsp3) is 0.333. The topological polar surface area (TPSA) is 26.0 Å². The average Bonchev–Trinajstić information content (AvgIpc) is 2.18. The van der Waals surface area contributed by atoms with Crippen molar-refractivity contribution in [2.45, 2.75) is 19.8 Å². The fourth-order valence-corrected chi connectivity index (χ4v) is 1.46. The van der Waals surface area contributed by atoms with Crippen molar-refractivity contribution in [3.8, 4) is 0 Å². The van der Waals surface area contributed by atoms with E-state index in [1.807, 2.05) is 13.0 Å². The Morgan fingerprint density at radius 1 is 1.40 bits per heavy atom. The molecule has 0 radical (unpaired) electrons. The molecule has 15 heavy (non-hydrogen) atoms. The van der Waals surface area contributed by atoms with Gasteiger partial charge in [-0.2, -0.15) is 0 Å². The van der Waals surface area contributed by atoms with Crippen LogP contribution in [0.1, 0.15) is 17.5 Å². The first kappa shape index (κ1) is 11.9. The molecule has 0 saturated carbocycles. The van der Waals surface area contributed by atoms with Crippen molar-refractivity contribution >= 4 is 0 Å². The van der Waals surface area contributed by atoms with Crippen molar-refractivity contribution in [3.05, 3.63) is 47.0 Å². The Morgan fingerprint density at radius 2 is 2.13 bits per heavy atom. The van der Waals surface area contributed by atoms with E-state index in [4.69, 9.17) is 5.73 Å². The number of halogens is 2. The van der Waals surface area contributed by atoms with Gasteiger partial charge in [0.15, 0.2) is 0 Å². The smallest absolute Gasteiger partial charge is 0.123 e. The van der Waals surface area contributed by atoms with E-state index >= 15 is 0 Å². The summed E-state index contributed by atoms with van der Waals surface area (Å²) in [6, 6.07) is 4.84. The highest BCUT2D eigenvalue weighted by molar-refractivity contribution is 5.24. The molecule has 0 spiro atoms. The molecule has 2 N–H and O–H groups in total. The third kappa shape index (κ3) is 3.80. The number of hydrogen-bond donors (Lipinski definition) is 1. The van der Waals surface area contributed by atoms with Crippen molar-refractivity contribution < 1.29 is 8.78 Å². The molecular weight excluding hydrogens is 196 g/mol. The molecule has 1 aromatic carbocycles. The molecule has 82 valence electrons. The normalized spacial score (nSPS) is 11.9. The van der Waals surface area contributed by atoms with Crippen molar-refractivity contribution in [1.82, 2.24) is 0 Å². The molecule has 0 fully saturated rings. The molecule has 0 atom stereocenters. The largest absolute Gasteiger partial charge is 0.327 e. The van der Waals surface area contributed by atoms with Crippen LogP contribution >= 0.6 is 0 Å². The molecule has 1 nitrogen and oxygen atoms in total. The lowest BCUT2D eigenvalue weighted by Crippen LogP contribution is -2.04. The second-order valence-corrected chi connectivity index (χ2v) is 3.61. The van der Waals surface area contributed by atoms with Crippen molar-refractivity contribution in [2.24, 2.45) is 5.73 Å². The van der Waals surface area contributed by atoms with E-state index in [1.54, 1.807) is 0 Å². The Bertz CT molecular complexity index is 338. The number of aryl methyl sites for hydroxylation is 2. The van der Waals surface area contributed by atoms with Crippen molar-refractivity contribution in [1.29, 1.82) is 0 Å². The van der Waals surface area contributed by atoms with Crippen molar-refractivity contribution in [3.63, 3.8) is 0 Å². The molecule has 0 aliphatic heterocycles. The summed E-state index contributed by atoms with van der Waals surface area (Å²) in [5.74, 6) is -0.247. The molecule has 0 aliphatic carbocycles. The van der Waals surface area contributed by atoms with Gasteiger partial charge in [0.05, 0.1) is 6.33 Å². The highest BCUT2D eigenvalue weighted by Crippen LogP contribution is 2.12. The summed E-state index contributed by atoms with van der Waals surface area (Å²) in [5, 5.41) is 0. The zero-order valence-electron chi connectivity index (χ0n) is 8.76. The minimum absolute atomic E-state index is 0.213. The summed E-state index contributed by atoms with van der Waals surface area (Å²) in [6.07, 6.45) is 1.69. The first-order valence-corrected chi connectivity index (χ1v) is 4.90. The van der Waals surface area contributed by atoms with Gasteiger partial charge in [-0.25, -0.2) is 8.78 Å². The third-order valence-electron chi connectivity index (χ3n) is 2.25. The predicted octanol–water partition coefficient (Wildman–Crippen LogP) is 2.88. The molecule has 0 aliphatic rings. The van der Waals surface area contributed by atoms with Gasteiger partial charge in [-0.15, -0.1) is 0 Å². The minimum Gasteiger partial charge on any atom is -0.327 e. The number of benzene rings is 1. The van der Waals surface area contributed by atoms with Crippen LogP contribution in [0.5, 0.6) is 0 Å². The summed E-state index contributed by atoms with van der Waals surface area (Å²) in [7, 11) is 0. The van der Waals surface area contributed by atoms with Crippen LogP contribution in [0.3, 0.4) is 0 Å². The standard InChI is InChI=1S/C12H15F2N/c1-9-4-10(6-12(14)5-9)2-3-11(7-13)8-15/h4-7H,2-3,8,15H2,1H3/b11-7-. The van der Waals surface area contributed by atoms with Crippen LogP contribution in [-0.2, 0) is 6.42 Å². The maximum absolute atomic E-state index is 13.0. The number of rotatable bonds is 4. The van der Waals surface area contributed by atoms with Gasteiger partial charge in [0.2, 0.25) is 0 Å². The summed E-state index contributed by atoms with van der Waals surface area (Å²) >= 11 is 0. The number of nitrogens with two attached hydrogens (primary N) is 1. The second kappa shape index (κ2) is 5.61.